The maximum absolute atomic E-state index is 14.9. The Bertz CT molecular complexity index is 2040. The van der Waals surface area contributed by atoms with E-state index in [9.17, 15) is 28.3 Å². The number of nitrogens with zero attached hydrogens (tertiary/aromatic N) is 4. The Balaban J connectivity index is 1.04. The van der Waals surface area contributed by atoms with Gasteiger partial charge in [0.1, 0.15) is 6.04 Å². The standard InChI is InChI=1S/C41H50F2N6O6S2/c1-24(26-8-10-27(11-9-26)38-25(2)45-23-57-38)46-39(53)33-17-28(50)20-49(33)35(52)19-41(3,4)18-29-21-48(14-16-54-29)40-47-32(22-56-40)30-12-13-31(42)36(43)37(30)55-15-6-5-7-34(44)51/h8-13,22-24,28-29,33,50H,5-7,14-21H2,1-4H3,(H2,44,51)(H,46,53)/t24-,28+,29?,33-/m0/s1. The summed E-state index contributed by atoms with van der Waals surface area (Å²) in [5.41, 5.74) is 10.2. The van der Waals surface area contributed by atoms with Crippen LogP contribution in [-0.4, -0.2) is 88.8 Å². The number of rotatable bonds is 16. The second kappa shape index (κ2) is 18.4. The molecule has 2 aromatic heterocycles. The van der Waals surface area contributed by atoms with Crippen LogP contribution in [0.5, 0.6) is 5.75 Å². The average molecular weight is 825 g/mol. The molecule has 2 aliphatic heterocycles. The van der Waals surface area contributed by atoms with Gasteiger partial charge in [-0.25, -0.2) is 14.4 Å². The molecule has 0 saturated carbocycles. The molecule has 2 aliphatic rings. The summed E-state index contributed by atoms with van der Waals surface area (Å²) in [7, 11) is 0. The molecule has 1 unspecified atom stereocenters. The molecule has 0 aliphatic carbocycles. The molecule has 0 radical (unpaired) electrons. The molecule has 2 aromatic carbocycles. The quantitative estimate of drug-likeness (QED) is 0.109. The van der Waals surface area contributed by atoms with Crippen molar-refractivity contribution in [1.82, 2.24) is 20.2 Å². The van der Waals surface area contributed by atoms with Crippen LogP contribution in [0.4, 0.5) is 13.9 Å². The zero-order valence-corrected chi connectivity index (χ0v) is 34.3. The molecule has 3 amide bonds. The van der Waals surface area contributed by atoms with E-state index in [0.29, 0.717) is 55.3 Å². The van der Waals surface area contributed by atoms with E-state index in [1.54, 1.807) is 16.7 Å². The molecule has 306 valence electrons. The van der Waals surface area contributed by atoms with E-state index in [0.717, 1.165) is 27.8 Å². The predicted molar refractivity (Wildman–Crippen MR) is 216 cm³/mol. The molecular formula is C41H50F2N6O6S2. The first-order valence-electron chi connectivity index (χ1n) is 19.2. The number of halogens is 2. The Labute approximate surface area is 339 Å². The van der Waals surface area contributed by atoms with Crippen molar-refractivity contribution in [3.05, 3.63) is 70.2 Å². The zero-order chi connectivity index (χ0) is 40.9. The van der Waals surface area contributed by atoms with Gasteiger partial charge in [-0.05, 0) is 61.8 Å². The second-order valence-corrected chi connectivity index (χ2v) is 17.3. The van der Waals surface area contributed by atoms with Crippen molar-refractivity contribution < 1.29 is 37.7 Å². The highest BCUT2D eigenvalue weighted by Gasteiger charge is 2.41. The lowest BCUT2D eigenvalue weighted by Gasteiger charge is -2.37. The number of unbranched alkanes of at least 4 members (excludes halogenated alkanes) is 1. The van der Waals surface area contributed by atoms with Gasteiger partial charge < -0.3 is 35.4 Å². The monoisotopic (exact) mass is 824 g/mol. The number of nitrogens with one attached hydrogen (secondary N) is 1. The fraction of sp³-hybridized carbons (Fsp3) is 0.488. The van der Waals surface area contributed by atoms with Crippen LogP contribution in [0, 0.1) is 24.0 Å². The number of aromatic nitrogens is 2. The molecule has 4 atom stereocenters. The fourth-order valence-corrected chi connectivity index (χ4v) is 9.11. The number of β-amino-alcohol motifs (C(OH)–C–C–N with tert-alkyl or cyclic N) is 1. The summed E-state index contributed by atoms with van der Waals surface area (Å²) in [6.45, 7) is 9.53. The maximum Gasteiger partial charge on any atom is 0.243 e. The van der Waals surface area contributed by atoms with E-state index in [4.69, 9.17) is 20.2 Å². The number of aliphatic hydroxyl groups excluding tert-OH is 1. The van der Waals surface area contributed by atoms with Crippen LogP contribution in [0.1, 0.15) is 76.6 Å². The van der Waals surface area contributed by atoms with Gasteiger partial charge in [-0.1, -0.05) is 38.1 Å². The van der Waals surface area contributed by atoms with Crippen molar-refractivity contribution in [3.8, 4) is 27.4 Å². The van der Waals surface area contributed by atoms with Gasteiger partial charge in [-0.2, -0.15) is 4.39 Å². The number of morpholine rings is 1. The molecule has 4 N–H and O–H groups in total. The van der Waals surface area contributed by atoms with E-state index < -0.39 is 35.1 Å². The van der Waals surface area contributed by atoms with Crippen LogP contribution >= 0.6 is 22.7 Å². The third-order valence-corrected chi connectivity index (χ3v) is 12.3. The van der Waals surface area contributed by atoms with E-state index in [1.807, 2.05) is 57.5 Å². The number of aryl methyl sites for hydroxylation is 1. The van der Waals surface area contributed by atoms with Gasteiger partial charge in [0.05, 0.1) is 53.2 Å². The Hall–Kier alpha value is -4.51. The number of carbonyl (C=O) groups is 3. The third-order valence-electron chi connectivity index (χ3n) is 10.4. The lowest BCUT2D eigenvalue weighted by Crippen LogP contribution is -2.48. The average Bonchev–Trinajstić information content (AvgIpc) is 3.93. The van der Waals surface area contributed by atoms with E-state index in [-0.39, 0.29) is 62.1 Å². The first-order chi connectivity index (χ1) is 27.2. The number of anilines is 1. The molecule has 4 heterocycles. The van der Waals surface area contributed by atoms with Crippen LogP contribution in [-0.2, 0) is 19.1 Å². The number of carbonyl (C=O) groups excluding carboxylic acids is 3. The number of thiazole rings is 2. The minimum Gasteiger partial charge on any atom is -0.490 e. The SMILES string of the molecule is Cc1ncsc1-c1ccc([C@H](C)NC(=O)[C@@H]2C[C@@H](O)CN2C(=O)CC(C)(C)CC2CN(c3nc(-c4ccc(F)c(F)c4OCCCCC(N)=O)cs3)CCO2)cc1. The highest BCUT2D eigenvalue weighted by molar-refractivity contribution is 7.14. The fourth-order valence-electron chi connectivity index (χ4n) is 7.43. The molecule has 57 heavy (non-hydrogen) atoms. The van der Waals surface area contributed by atoms with E-state index in [2.05, 4.69) is 15.2 Å². The first-order valence-corrected chi connectivity index (χ1v) is 20.9. The van der Waals surface area contributed by atoms with Gasteiger partial charge in [0.15, 0.2) is 16.7 Å². The zero-order valence-electron chi connectivity index (χ0n) is 32.6. The van der Waals surface area contributed by atoms with Gasteiger partial charge in [-0.15, -0.1) is 22.7 Å². The van der Waals surface area contributed by atoms with Crippen molar-refractivity contribution >= 4 is 45.5 Å². The summed E-state index contributed by atoms with van der Waals surface area (Å²) < 4.78 is 40.9. The molecule has 4 aromatic rings. The molecule has 12 nitrogen and oxygen atoms in total. The number of likely N-dealkylation sites (tertiary alicyclic amines) is 1. The number of hydrogen-bond donors (Lipinski definition) is 3. The second-order valence-electron chi connectivity index (χ2n) is 15.6. The minimum absolute atomic E-state index is 0.0799. The highest BCUT2D eigenvalue weighted by Crippen LogP contribution is 2.38. The topological polar surface area (TPSA) is 160 Å². The lowest BCUT2D eigenvalue weighted by molar-refractivity contribution is -0.140. The number of nitrogens with two attached hydrogens (primary N) is 1. The number of hydrogen-bond acceptors (Lipinski definition) is 11. The van der Waals surface area contributed by atoms with E-state index in [1.165, 1.54) is 22.3 Å². The molecular weight excluding hydrogens is 775 g/mol. The number of ether oxygens (including phenoxy) is 2. The first kappa shape index (κ1) is 42.1. The minimum atomic E-state index is -1.10. The molecule has 2 saturated heterocycles. The predicted octanol–water partition coefficient (Wildman–Crippen LogP) is 6.41. The molecule has 16 heteroatoms. The highest BCUT2D eigenvalue weighted by atomic mass is 32.1. The largest absolute Gasteiger partial charge is 0.490 e. The molecule has 2 fully saturated rings. The van der Waals surface area contributed by atoms with Crippen LogP contribution in [0.15, 0.2) is 47.3 Å². The van der Waals surface area contributed by atoms with Gasteiger partial charge in [-0.3, -0.25) is 14.4 Å². The van der Waals surface area contributed by atoms with Crippen molar-refractivity contribution in [2.75, 3.05) is 37.7 Å². The van der Waals surface area contributed by atoms with Crippen molar-refractivity contribution in [2.45, 2.75) is 90.5 Å². The van der Waals surface area contributed by atoms with Gasteiger partial charge >= 0.3 is 0 Å². The third kappa shape index (κ3) is 10.5. The van der Waals surface area contributed by atoms with Crippen molar-refractivity contribution in [1.29, 1.82) is 0 Å². The lowest BCUT2D eigenvalue weighted by atomic mass is 9.82. The summed E-state index contributed by atoms with van der Waals surface area (Å²) in [6.07, 6.45) is 0.926. The van der Waals surface area contributed by atoms with Crippen LogP contribution in [0.3, 0.4) is 0 Å². The van der Waals surface area contributed by atoms with Crippen LogP contribution in [0.2, 0.25) is 0 Å². The number of amides is 3. The number of primary amides is 1. The Morgan fingerprint density at radius 3 is 2.61 bits per heavy atom. The Morgan fingerprint density at radius 2 is 1.89 bits per heavy atom. The summed E-state index contributed by atoms with van der Waals surface area (Å²) in [5, 5.41) is 16.1. The van der Waals surface area contributed by atoms with E-state index >= 15 is 0 Å². The summed E-state index contributed by atoms with van der Waals surface area (Å²) >= 11 is 2.95. The van der Waals surface area contributed by atoms with Gasteiger partial charge in [0.25, 0.3) is 0 Å². The summed E-state index contributed by atoms with van der Waals surface area (Å²) in [4.78, 5) is 52.2. The molecule has 0 spiro atoms. The number of benzene rings is 2. The Kier molecular flexibility index (Phi) is 13.6. The van der Waals surface area contributed by atoms with Crippen LogP contribution in [0.25, 0.3) is 21.7 Å². The normalized spacial score (nSPS) is 19.1. The summed E-state index contributed by atoms with van der Waals surface area (Å²) in [6, 6.07) is 9.38. The molecule has 0 bridgehead atoms. The molecule has 6 rings (SSSR count). The van der Waals surface area contributed by atoms with Gasteiger partial charge in [0.2, 0.25) is 23.5 Å². The van der Waals surface area contributed by atoms with Gasteiger partial charge in [0, 0.05) is 49.8 Å². The van der Waals surface area contributed by atoms with Crippen molar-refractivity contribution in [3.63, 3.8) is 0 Å². The van der Waals surface area contributed by atoms with Crippen molar-refractivity contribution in [2.24, 2.45) is 11.1 Å². The maximum atomic E-state index is 14.9. The smallest absolute Gasteiger partial charge is 0.243 e. The number of aliphatic hydroxyl groups is 1. The summed E-state index contributed by atoms with van der Waals surface area (Å²) in [5.74, 6) is -3.31. The Morgan fingerprint density at radius 1 is 1.12 bits per heavy atom. The van der Waals surface area contributed by atoms with Crippen LogP contribution < -0.4 is 20.7 Å².